The number of rotatable bonds is 6. The van der Waals surface area contributed by atoms with Crippen LogP contribution in [-0.4, -0.2) is 6.54 Å². The molecule has 0 spiro atoms. The summed E-state index contributed by atoms with van der Waals surface area (Å²) in [4.78, 5) is 0. The second-order valence-corrected chi connectivity index (χ2v) is 4.80. The Hall–Kier alpha value is -1.58. The van der Waals surface area contributed by atoms with E-state index in [0.29, 0.717) is 6.61 Å². The number of hydrogen-bond donors (Lipinski definition) is 1. The van der Waals surface area contributed by atoms with Gasteiger partial charge in [0.25, 0.3) is 0 Å². The minimum atomic E-state index is -0.515. The highest BCUT2D eigenvalue weighted by atomic mass is 35.5. The third-order valence-electron chi connectivity index (χ3n) is 2.98. The minimum Gasteiger partial charge on any atom is -0.486 e. The monoisotopic (exact) mass is 293 g/mol. The maximum Gasteiger partial charge on any atom is 0.183 e. The van der Waals surface area contributed by atoms with Gasteiger partial charge in [-0.3, -0.25) is 0 Å². The van der Waals surface area contributed by atoms with E-state index in [2.05, 4.69) is 12.2 Å². The average Bonchev–Trinajstić information content (AvgIpc) is 2.47. The first kappa shape index (κ1) is 14.8. The Labute approximate surface area is 123 Å². The van der Waals surface area contributed by atoms with Gasteiger partial charge in [-0.05, 0) is 29.8 Å². The highest BCUT2D eigenvalue weighted by Gasteiger charge is 2.08. The lowest BCUT2D eigenvalue weighted by atomic mass is 10.1. The molecule has 0 aromatic heterocycles. The van der Waals surface area contributed by atoms with E-state index in [4.69, 9.17) is 16.3 Å². The number of halogens is 2. The van der Waals surface area contributed by atoms with Crippen LogP contribution < -0.4 is 10.1 Å². The van der Waals surface area contributed by atoms with Crippen molar-refractivity contribution in [3.8, 4) is 5.75 Å². The summed E-state index contributed by atoms with van der Waals surface area (Å²) in [6, 6.07) is 12.7. The second-order valence-electron chi connectivity index (χ2n) is 4.39. The highest BCUT2D eigenvalue weighted by molar-refractivity contribution is 6.30. The Bertz CT molecular complexity index is 574. The van der Waals surface area contributed by atoms with Crippen LogP contribution >= 0.6 is 11.6 Å². The molecule has 2 nitrogen and oxygen atoms in total. The van der Waals surface area contributed by atoms with Crippen molar-refractivity contribution >= 4 is 11.6 Å². The number of nitrogens with one attached hydrogen (secondary N) is 1. The zero-order valence-electron chi connectivity index (χ0n) is 11.3. The predicted molar refractivity (Wildman–Crippen MR) is 79.6 cm³/mol. The van der Waals surface area contributed by atoms with Crippen LogP contribution in [0.5, 0.6) is 5.75 Å². The maximum absolute atomic E-state index is 13.7. The van der Waals surface area contributed by atoms with Crippen LogP contribution in [0, 0.1) is 5.82 Å². The summed E-state index contributed by atoms with van der Waals surface area (Å²) in [6.07, 6.45) is 0. The van der Waals surface area contributed by atoms with Crippen LogP contribution in [0.25, 0.3) is 0 Å². The normalized spacial score (nSPS) is 10.6. The van der Waals surface area contributed by atoms with Crippen molar-refractivity contribution in [2.24, 2.45) is 0 Å². The molecule has 0 saturated carbocycles. The molecule has 0 heterocycles. The van der Waals surface area contributed by atoms with Gasteiger partial charge in [-0.15, -0.1) is 0 Å². The van der Waals surface area contributed by atoms with Crippen molar-refractivity contribution in [2.75, 3.05) is 6.54 Å². The number of benzene rings is 2. The van der Waals surface area contributed by atoms with Gasteiger partial charge in [-0.25, -0.2) is 4.39 Å². The first-order valence-corrected chi connectivity index (χ1v) is 6.94. The average molecular weight is 294 g/mol. The van der Waals surface area contributed by atoms with Crippen molar-refractivity contribution in [3.63, 3.8) is 0 Å². The van der Waals surface area contributed by atoms with Gasteiger partial charge < -0.3 is 10.1 Å². The van der Waals surface area contributed by atoms with E-state index in [0.717, 1.165) is 24.2 Å². The van der Waals surface area contributed by atoms with Crippen LogP contribution in [0.2, 0.25) is 5.02 Å². The number of hydrogen-bond acceptors (Lipinski definition) is 2. The summed E-state index contributed by atoms with van der Waals surface area (Å²) in [5.41, 5.74) is 2.18. The molecule has 0 bridgehead atoms. The van der Waals surface area contributed by atoms with Crippen molar-refractivity contribution in [1.82, 2.24) is 5.32 Å². The predicted octanol–water partition coefficient (Wildman–Crippen LogP) is 4.17. The molecule has 0 aliphatic rings. The van der Waals surface area contributed by atoms with Gasteiger partial charge in [0.1, 0.15) is 6.61 Å². The summed E-state index contributed by atoms with van der Waals surface area (Å²) >= 11 is 5.73. The molecule has 4 heteroatoms. The summed E-state index contributed by atoms with van der Waals surface area (Å²) in [5, 5.41) is 3.35. The zero-order chi connectivity index (χ0) is 14.4. The van der Waals surface area contributed by atoms with Gasteiger partial charge in [-0.2, -0.15) is 0 Å². The van der Waals surface area contributed by atoms with E-state index < -0.39 is 5.82 Å². The Morgan fingerprint density at radius 3 is 2.60 bits per heavy atom. The molecule has 0 aliphatic carbocycles. The summed E-state index contributed by atoms with van der Waals surface area (Å²) in [5.74, 6) is -0.339. The second kappa shape index (κ2) is 7.27. The minimum absolute atomic E-state index is 0.0726. The molecule has 20 heavy (non-hydrogen) atoms. The van der Waals surface area contributed by atoms with Crippen molar-refractivity contribution in [2.45, 2.75) is 20.1 Å². The molecule has 0 amide bonds. The fraction of sp³-hybridized carbons (Fsp3) is 0.250. The largest absolute Gasteiger partial charge is 0.486 e. The molecule has 2 aromatic carbocycles. The topological polar surface area (TPSA) is 21.3 Å². The molecule has 0 saturated heterocycles. The molecule has 0 unspecified atom stereocenters. The van der Waals surface area contributed by atoms with Gasteiger partial charge in [0.15, 0.2) is 11.6 Å². The molecule has 0 atom stereocenters. The molecule has 0 fully saturated rings. The lowest BCUT2D eigenvalue weighted by molar-refractivity contribution is 0.289. The van der Waals surface area contributed by atoms with E-state index in [1.807, 2.05) is 24.3 Å². The third kappa shape index (κ3) is 3.71. The molecular formula is C16H17ClFNO. The van der Waals surface area contributed by atoms with Gasteiger partial charge in [0.05, 0.1) is 5.02 Å². The fourth-order valence-electron chi connectivity index (χ4n) is 1.88. The first-order valence-electron chi connectivity index (χ1n) is 6.56. The summed E-state index contributed by atoms with van der Waals surface area (Å²) < 4.78 is 19.3. The molecule has 0 radical (unpaired) electrons. The van der Waals surface area contributed by atoms with Crippen LogP contribution in [0.3, 0.4) is 0 Å². The van der Waals surface area contributed by atoms with Crippen molar-refractivity contribution < 1.29 is 9.13 Å². The van der Waals surface area contributed by atoms with E-state index in [9.17, 15) is 4.39 Å². The van der Waals surface area contributed by atoms with Gasteiger partial charge in [-0.1, -0.05) is 48.9 Å². The zero-order valence-corrected chi connectivity index (χ0v) is 12.1. The summed E-state index contributed by atoms with van der Waals surface area (Å²) in [6.45, 7) is 4.05. The number of ether oxygens (including phenoxy) is 1. The van der Waals surface area contributed by atoms with Crippen LogP contribution in [-0.2, 0) is 13.2 Å². The summed E-state index contributed by atoms with van der Waals surface area (Å²) in [7, 11) is 0. The molecule has 106 valence electrons. The lowest BCUT2D eigenvalue weighted by Crippen LogP contribution is -2.14. The third-order valence-corrected chi connectivity index (χ3v) is 3.28. The van der Waals surface area contributed by atoms with E-state index in [1.54, 1.807) is 12.1 Å². The smallest absolute Gasteiger partial charge is 0.183 e. The van der Waals surface area contributed by atoms with Crippen molar-refractivity contribution in [1.29, 1.82) is 0 Å². The van der Waals surface area contributed by atoms with Crippen LogP contribution in [0.15, 0.2) is 42.5 Å². The van der Waals surface area contributed by atoms with Gasteiger partial charge in [0.2, 0.25) is 0 Å². The SMILES string of the molecule is CCNCc1ccccc1COc1cccc(Cl)c1F. The van der Waals surface area contributed by atoms with Crippen LogP contribution in [0.4, 0.5) is 4.39 Å². The van der Waals surface area contributed by atoms with E-state index in [1.165, 1.54) is 6.07 Å². The van der Waals surface area contributed by atoms with Gasteiger partial charge in [0, 0.05) is 6.54 Å². The molecule has 2 rings (SSSR count). The molecule has 1 N–H and O–H groups in total. The van der Waals surface area contributed by atoms with Crippen LogP contribution in [0.1, 0.15) is 18.1 Å². The van der Waals surface area contributed by atoms with E-state index in [-0.39, 0.29) is 10.8 Å². The molecular weight excluding hydrogens is 277 g/mol. The highest BCUT2D eigenvalue weighted by Crippen LogP contribution is 2.25. The Morgan fingerprint density at radius 2 is 1.85 bits per heavy atom. The Morgan fingerprint density at radius 1 is 1.10 bits per heavy atom. The van der Waals surface area contributed by atoms with Gasteiger partial charge >= 0.3 is 0 Å². The lowest BCUT2D eigenvalue weighted by Gasteiger charge is -2.12. The fourth-order valence-corrected chi connectivity index (χ4v) is 2.05. The quantitative estimate of drug-likeness (QED) is 0.863. The Balaban J connectivity index is 2.09. The Kier molecular flexibility index (Phi) is 5.39. The first-order chi connectivity index (χ1) is 9.72. The molecule has 0 aliphatic heterocycles. The maximum atomic E-state index is 13.7. The van der Waals surface area contributed by atoms with E-state index >= 15 is 0 Å². The molecule has 2 aromatic rings. The van der Waals surface area contributed by atoms with Crippen molar-refractivity contribution in [3.05, 3.63) is 64.4 Å². The standard InChI is InChI=1S/C16H17ClFNO/c1-2-19-10-12-6-3-4-7-13(12)11-20-15-9-5-8-14(17)16(15)18/h3-9,19H,2,10-11H2,1H3.